The fourth-order valence-electron chi connectivity index (χ4n) is 2.82. The lowest BCUT2D eigenvalue weighted by molar-refractivity contribution is 0.0989. The second kappa shape index (κ2) is 9.28. The van der Waals surface area contributed by atoms with Crippen molar-refractivity contribution in [3.8, 4) is 11.5 Å². The molecule has 0 saturated heterocycles. The Morgan fingerprint density at radius 1 is 0.852 bits per heavy atom. The number of benzene rings is 3. The third kappa shape index (κ3) is 5.14. The van der Waals surface area contributed by atoms with Crippen LogP contribution < -0.4 is 9.47 Å². The molecule has 0 bridgehead atoms. The number of hydrogen-bond donors (Lipinski definition) is 0. The number of carbonyl (C=O) groups is 1. The SMILES string of the molecule is COc1cc(OC)cc(SC(Cc2ccccc2)C(=O)c2ccccc2)c1. The van der Waals surface area contributed by atoms with Crippen molar-refractivity contribution >= 4 is 17.5 Å². The summed E-state index contributed by atoms with van der Waals surface area (Å²) >= 11 is 1.54. The lowest BCUT2D eigenvalue weighted by atomic mass is 10.0. The lowest BCUT2D eigenvalue weighted by Crippen LogP contribution is -2.20. The maximum Gasteiger partial charge on any atom is 0.176 e. The molecular formula is C23H22O3S. The monoisotopic (exact) mass is 378 g/mol. The zero-order chi connectivity index (χ0) is 19.1. The second-order valence-corrected chi connectivity index (χ2v) is 7.35. The zero-order valence-corrected chi connectivity index (χ0v) is 16.2. The number of ketones is 1. The molecule has 1 atom stereocenters. The fourth-order valence-corrected chi connectivity index (χ4v) is 4.03. The van der Waals surface area contributed by atoms with Gasteiger partial charge in [0, 0.05) is 16.5 Å². The van der Waals surface area contributed by atoms with E-state index in [-0.39, 0.29) is 11.0 Å². The van der Waals surface area contributed by atoms with Crippen molar-refractivity contribution in [3.05, 3.63) is 90.0 Å². The van der Waals surface area contributed by atoms with Gasteiger partial charge in [0.15, 0.2) is 5.78 Å². The molecule has 0 radical (unpaired) electrons. The zero-order valence-electron chi connectivity index (χ0n) is 15.4. The number of rotatable bonds is 8. The van der Waals surface area contributed by atoms with Gasteiger partial charge in [-0.15, -0.1) is 11.8 Å². The van der Waals surface area contributed by atoms with E-state index < -0.39 is 0 Å². The number of Topliss-reactive ketones (excluding diaryl/α,β-unsaturated/α-hetero) is 1. The molecule has 0 aliphatic rings. The molecule has 4 heteroatoms. The van der Waals surface area contributed by atoms with Crippen LogP contribution in [0, 0.1) is 0 Å². The highest BCUT2D eigenvalue weighted by molar-refractivity contribution is 8.00. The van der Waals surface area contributed by atoms with Crippen LogP contribution in [-0.4, -0.2) is 25.3 Å². The first-order valence-electron chi connectivity index (χ1n) is 8.72. The Kier molecular flexibility index (Phi) is 6.55. The number of ether oxygens (including phenoxy) is 2. The van der Waals surface area contributed by atoms with Crippen LogP contribution in [0.2, 0.25) is 0 Å². The topological polar surface area (TPSA) is 35.5 Å². The second-order valence-electron chi connectivity index (χ2n) is 6.07. The van der Waals surface area contributed by atoms with Gasteiger partial charge in [0.1, 0.15) is 11.5 Å². The Morgan fingerprint density at radius 3 is 1.96 bits per heavy atom. The number of methoxy groups -OCH3 is 2. The fraction of sp³-hybridized carbons (Fsp3) is 0.174. The van der Waals surface area contributed by atoms with E-state index >= 15 is 0 Å². The van der Waals surface area contributed by atoms with E-state index in [2.05, 4.69) is 12.1 Å². The Bertz CT molecular complexity index is 856. The number of hydrogen-bond acceptors (Lipinski definition) is 4. The Labute approximate surface area is 164 Å². The molecule has 0 heterocycles. The Balaban J connectivity index is 1.91. The molecule has 3 rings (SSSR count). The molecule has 0 fully saturated rings. The molecule has 1 unspecified atom stereocenters. The van der Waals surface area contributed by atoms with Crippen molar-refractivity contribution in [2.75, 3.05) is 14.2 Å². The molecule has 0 aliphatic heterocycles. The van der Waals surface area contributed by atoms with Gasteiger partial charge in [-0.05, 0) is 24.1 Å². The lowest BCUT2D eigenvalue weighted by Gasteiger charge is -2.17. The van der Waals surface area contributed by atoms with Crippen LogP contribution in [0.1, 0.15) is 15.9 Å². The van der Waals surface area contributed by atoms with Gasteiger partial charge < -0.3 is 9.47 Å². The van der Waals surface area contributed by atoms with E-state index in [4.69, 9.17) is 9.47 Å². The van der Waals surface area contributed by atoms with Crippen molar-refractivity contribution in [1.29, 1.82) is 0 Å². The maximum atomic E-state index is 13.2. The molecule has 0 aliphatic carbocycles. The van der Waals surface area contributed by atoms with Gasteiger partial charge in [-0.2, -0.15) is 0 Å². The third-order valence-electron chi connectivity index (χ3n) is 4.22. The first-order valence-corrected chi connectivity index (χ1v) is 9.60. The summed E-state index contributed by atoms with van der Waals surface area (Å²) in [5.41, 5.74) is 1.86. The first-order chi connectivity index (χ1) is 13.2. The molecule has 3 aromatic rings. The van der Waals surface area contributed by atoms with E-state index in [1.165, 1.54) is 11.8 Å². The summed E-state index contributed by atoms with van der Waals surface area (Å²) in [7, 11) is 3.25. The highest BCUT2D eigenvalue weighted by Gasteiger charge is 2.22. The highest BCUT2D eigenvalue weighted by atomic mass is 32.2. The van der Waals surface area contributed by atoms with Gasteiger partial charge in [-0.25, -0.2) is 0 Å². The van der Waals surface area contributed by atoms with Crippen molar-refractivity contribution in [2.24, 2.45) is 0 Å². The quantitative estimate of drug-likeness (QED) is 0.394. The molecule has 0 aromatic heterocycles. The van der Waals surface area contributed by atoms with Crippen LogP contribution in [0.4, 0.5) is 0 Å². The van der Waals surface area contributed by atoms with Crippen LogP contribution in [0.25, 0.3) is 0 Å². The molecule has 0 spiro atoms. The number of carbonyl (C=O) groups excluding carboxylic acids is 1. The molecular weight excluding hydrogens is 356 g/mol. The average Bonchev–Trinajstić information content (AvgIpc) is 2.73. The van der Waals surface area contributed by atoms with E-state index in [0.29, 0.717) is 17.9 Å². The predicted octanol–water partition coefficient (Wildman–Crippen LogP) is 5.29. The molecule has 3 nitrogen and oxygen atoms in total. The highest BCUT2D eigenvalue weighted by Crippen LogP contribution is 2.34. The maximum absolute atomic E-state index is 13.2. The van der Waals surface area contributed by atoms with Gasteiger partial charge in [0.2, 0.25) is 0 Å². The summed E-state index contributed by atoms with van der Waals surface area (Å²) in [6.45, 7) is 0. The van der Waals surface area contributed by atoms with E-state index in [9.17, 15) is 4.79 Å². The van der Waals surface area contributed by atoms with Crippen molar-refractivity contribution in [1.82, 2.24) is 0 Å². The van der Waals surface area contributed by atoms with E-state index in [1.807, 2.05) is 66.7 Å². The molecule has 138 valence electrons. The van der Waals surface area contributed by atoms with Gasteiger partial charge in [-0.1, -0.05) is 60.7 Å². The Morgan fingerprint density at radius 2 is 1.41 bits per heavy atom. The summed E-state index contributed by atoms with van der Waals surface area (Å²) in [6.07, 6.45) is 0.652. The van der Waals surface area contributed by atoms with Crippen LogP contribution in [0.15, 0.2) is 83.8 Å². The molecule has 3 aromatic carbocycles. The van der Waals surface area contributed by atoms with Gasteiger partial charge in [0.25, 0.3) is 0 Å². The van der Waals surface area contributed by atoms with Crippen molar-refractivity contribution in [2.45, 2.75) is 16.6 Å². The molecule has 0 N–H and O–H groups in total. The summed E-state index contributed by atoms with van der Waals surface area (Å²) < 4.78 is 10.7. The number of thioether (sulfide) groups is 1. The van der Waals surface area contributed by atoms with Crippen LogP contribution in [-0.2, 0) is 6.42 Å². The largest absolute Gasteiger partial charge is 0.497 e. The smallest absolute Gasteiger partial charge is 0.176 e. The summed E-state index contributed by atoms with van der Waals surface area (Å²) in [6, 6.07) is 25.2. The van der Waals surface area contributed by atoms with Gasteiger partial charge >= 0.3 is 0 Å². The van der Waals surface area contributed by atoms with E-state index in [0.717, 1.165) is 16.0 Å². The molecule has 27 heavy (non-hydrogen) atoms. The molecule has 0 amide bonds. The summed E-state index contributed by atoms with van der Waals surface area (Å²) in [4.78, 5) is 14.1. The van der Waals surface area contributed by atoms with Crippen molar-refractivity contribution < 1.29 is 14.3 Å². The van der Waals surface area contributed by atoms with Crippen LogP contribution in [0.3, 0.4) is 0 Å². The first kappa shape index (κ1) is 19.1. The minimum absolute atomic E-state index is 0.117. The van der Waals surface area contributed by atoms with Crippen LogP contribution >= 0.6 is 11.8 Å². The minimum Gasteiger partial charge on any atom is -0.497 e. The summed E-state index contributed by atoms with van der Waals surface area (Å²) in [5.74, 6) is 1.54. The third-order valence-corrected chi connectivity index (χ3v) is 5.39. The minimum atomic E-state index is -0.244. The summed E-state index contributed by atoms with van der Waals surface area (Å²) in [5, 5.41) is -0.244. The predicted molar refractivity (Wildman–Crippen MR) is 110 cm³/mol. The van der Waals surface area contributed by atoms with Crippen molar-refractivity contribution in [3.63, 3.8) is 0 Å². The average molecular weight is 378 g/mol. The van der Waals surface area contributed by atoms with Crippen LogP contribution in [0.5, 0.6) is 11.5 Å². The standard InChI is InChI=1S/C23H22O3S/c1-25-19-14-20(26-2)16-21(15-19)27-22(13-17-9-5-3-6-10-17)23(24)18-11-7-4-8-12-18/h3-12,14-16,22H,13H2,1-2H3. The van der Waals surface area contributed by atoms with Gasteiger partial charge in [0.05, 0.1) is 19.5 Å². The van der Waals surface area contributed by atoms with E-state index in [1.54, 1.807) is 14.2 Å². The molecule has 0 saturated carbocycles. The van der Waals surface area contributed by atoms with Gasteiger partial charge in [-0.3, -0.25) is 4.79 Å². The normalized spacial score (nSPS) is 11.6. The Hall–Kier alpha value is -2.72.